The molecule has 32 heavy (non-hydrogen) atoms. The number of hydrogen-bond acceptors (Lipinski definition) is 7. The lowest BCUT2D eigenvalue weighted by atomic mass is 10.3. The minimum atomic E-state index is -2.87. The van der Waals surface area contributed by atoms with E-state index in [2.05, 4.69) is 55.7 Å². The minimum Gasteiger partial charge on any atom is -0.361 e. The molecule has 0 saturated carbocycles. The molecule has 0 radical (unpaired) electrons. The van der Waals surface area contributed by atoms with Gasteiger partial charge < -0.3 is 9.64 Å². The maximum atomic E-state index is 11.7. The smallest absolute Gasteiger partial charge is 0.251 e. The Morgan fingerprint density at radius 1 is 1.12 bits per heavy atom. The van der Waals surface area contributed by atoms with Crippen molar-refractivity contribution in [3.05, 3.63) is 40.6 Å². The fourth-order valence-corrected chi connectivity index (χ4v) is 5.51. The van der Waals surface area contributed by atoms with Gasteiger partial charge >= 0.3 is 0 Å². The Morgan fingerprint density at radius 2 is 1.81 bits per heavy atom. The van der Waals surface area contributed by atoms with Gasteiger partial charge in [0.25, 0.3) is 5.95 Å². The SMILES string of the molecule is C[Si](C)(C)CCOCn1c(CCN2CCS(=O)(=O)CC2)cnc1N=Nc1ccc(Br)cc1. The van der Waals surface area contributed by atoms with Crippen molar-refractivity contribution >= 4 is 45.5 Å². The molecule has 2 aromatic rings. The summed E-state index contributed by atoms with van der Waals surface area (Å²) >= 11 is 3.42. The van der Waals surface area contributed by atoms with Crippen LogP contribution in [0.4, 0.5) is 11.6 Å². The van der Waals surface area contributed by atoms with E-state index < -0.39 is 17.9 Å². The van der Waals surface area contributed by atoms with Crippen molar-refractivity contribution in [2.45, 2.75) is 38.8 Å². The Morgan fingerprint density at radius 3 is 2.47 bits per heavy atom. The van der Waals surface area contributed by atoms with Crippen LogP contribution in [0.25, 0.3) is 0 Å². The second-order valence-corrected chi connectivity index (χ2v) is 18.1. The number of ether oxygens (including phenoxy) is 1. The van der Waals surface area contributed by atoms with E-state index in [1.165, 1.54) is 0 Å². The highest BCUT2D eigenvalue weighted by Gasteiger charge is 2.22. The number of benzene rings is 1. The topological polar surface area (TPSA) is 89.2 Å². The van der Waals surface area contributed by atoms with Crippen molar-refractivity contribution in [1.82, 2.24) is 14.5 Å². The Hall–Kier alpha value is -1.40. The van der Waals surface area contributed by atoms with Crippen molar-refractivity contribution in [3.8, 4) is 0 Å². The van der Waals surface area contributed by atoms with E-state index in [4.69, 9.17) is 4.74 Å². The van der Waals surface area contributed by atoms with Crippen molar-refractivity contribution in [1.29, 1.82) is 0 Å². The zero-order chi connectivity index (χ0) is 23.2. The first-order valence-electron chi connectivity index (χ1n) is 10.8. The summed E-state index contributed by atoms with van der Waals surface area (Å²) in [5, 5.41) is 8.69. The molecule has 3 rings (SSSR count). The summed E-state index contributed by atoms with van der Waals surface area (Å²) < 4.78 is 32.3. The maximum Gasteiger partial charge on any atom is 0.251 e. The zero-order valence-corrected chi connectivity index (χ0v) is 22.4. The third-order valence-electron chi connectivity index (χ3n) is 5.34. The predicted molar refractivity (Wildman–Crippen MR) is 133 cm³/mol. The predicted octanol–water partition coefficient (Wildman–Crippen LogP) is 4.65. The lowest BCUT2D eigenvalue weighted by molar-refractivity contribution is 0.0861. The van der Waals surface area contributed by atoms with Crippen LogP contribution < -0.4 is 0 Å². The van der Waals surface area contributed by atoms with Gasteiger partial charge in [-0.3, -0.25) is 4.57 Å². The van der Waals surface area contributed by atoms with E-state index in [-0.39, 0.29) is 11.5 Å². The molecule has 0 atom stereocenters. The molecular weight excluding hydrogens is 510 g/mol. The van der Waals surface area contributed by atoms with Gasteiger partial charge in [-0.1, -0.05) is 35.6 Å². The summed E-state index contributed by atoms with van der Waals surface area (Å²) in [4.78, 5) is 6.66. The molecular formula is C21H32BrN5O3SSi. The summed E-state index contributed by atoms with van der Waals surface area (Å²) in [6.07, 6.45) is 2.57. The summed E-state index contributed by atoms with van der Waals surface area (Å²) in [6.45, 7) is 10.0. The molecule has 0 spiro atoms. The number of sulfone groups is 1. The number of nitrogens with zero attached hydrogens (tertiary/aromatic N) is 5. The van der Waals surface area contributed by atoms with Gasteiger partial charge in [0, 0.05) is 50.9 Å². The van der Waals surface area contributed by atoms with Crippen LogP contribution in [0.15, 0.2) is 45.2 Å². The number of azo groups is 1. The molecule has 0 unspecified atom stereocenters. The van der Waals surface area contributed by atoms with E-state index in [0.29, 0.717) is 32.4 Å². The van der Waals surface area contributed by atoms with Gasteiger partial charge in [0.1, 0.15) is 6.73 Å². The molecule has 1 saturated heterocycles. The third kappa shape index (κ3) is 8.18. The third-order valence-corrected chi connectivity index (χ3v) is 9.18. The average Bonchev–Trinajstić information content (AvgIpc) is 3.11. The molecule has 176 valence electrons. The molecule has 1 aromatic carbocycles. The summed E-state index contributed by atoms with van der Waals surface area (Å²) in [6, 6.07) is 8.71. The molecule has 1 fully saturated rings. The monoisotopic (exact) mass is 541 g/mol. The summed E-state index contributed by atoms with van der Waals surface area (Å²) in [7, 11) is -4.04. The van der Waals surface area contributed by atoms with Gasteiger partial charge in [0.2, 0.25) is 0 Å². The number of imidazole rings is 1. The van der Waals surface area contributed by atoms with Gasteiger partial charge in [0.15, 0.2) is 9.84 Å². The quantitative estimate of drug-likeness (QED) is 0.248. The Kier molecular flexibility index (Phi) is 8.79. The Labute approximate surface area is 200 Å². The van der Waals surface area contributed by atoms with Crippen LogP contribution in [0.5, 0.6) is 0 Å². The Balaban J connectivity index is 1.68. The number of aromatic nitrogens is 2. The van der Waals surface area contributed by atoms with Crippen molar-refractivity contribution in [3.63, 3.8) is 0 Å². The van der Waals surface area contributed by atoms with Crippen LogP contribution in [0.2, 0.25) is 25.7 Å². The van der Waals surface area contributed by atoms with Crippen LogP contribution in [0.3, 0.4) is 0 Å². The minimum absolute atomic E-state index is 0.235. The largest absolute Gasteiger partial charge is 0.361 e. The van der Waals surface area contributed by atoms with Crippen LogP contribution in [0, 0.1) is 0 Å². The first kappa shape index (κ1) is 25.2. The Bertz CT molecular complexity index is 1010. The highest BCUT2D eigenvalue weighted by Crippen LogP contribution is 2.22. The van der Waals surface area contributed by atoms with E-state index in [9.17, 15) is 8.42 Å². The zero-order valence-electron chi connectivity index (χ0n) is 19.0. The van der Waals surface area contributed by atoms with Gasteiger partial charge in [-0.15, -0.1) is 10.2 Å². The first-order chi connectivity index (χ1) is 15.1. The lowest BCUT2D eigenvalue weighted by Gasteiger charge is -2.26. The van der Waals surface area contributed by atoms with Crippen LogP contribution >= 0.6 is 15.9 Å². The van der Waals surface area contributed by atoms with E-state index in [0.717, 1.165) is 34.9 Å². The number of hydrogen-bond donors (Lipinski definition) is 0. The van der Waals surface area contributed by atoms with Crippen LogP contribution in [-0.2, 0) is 27.7 Å². The maximum absolute atomic E-state index is 11.7. The van der Waals surface area contributed by atoms with Crippen molar-refractivity contribution in [2.75, 3.05) is 37.7 Å². The van der Waals surface area contributed by atoms with Gasteiger partial charge in [-0.05, 0) is 30.3 Å². The molecule has 11 heteroatoms. The highest BCUT2D eigenvalue weighted by atomic mass is 79.9. The fraction of sp³-hybridized carbons (Fsp3) is 0.571. The molecule has 0 N–H and O–H groups in total. The first-order valence-corrected chi connectivity index (χ1v) is 17.2. The average molecular weight is 543 g/mol. The van der Waals surface area contributed by atoms with E-state index >= 15 is 0 Å². The second-order valence-electron chi connectivity index (χ2n) is 9.25. The molecule has 1 aliphatic heterocycles. The van der Waals surface area contributed by atoms with Crippen LogP contribution in [-0.4, -0.2) is 68.7 Å². The van der Waals surface area contributed by atoms with Crippen molar-refractivity contribution in [2.24, 2.45) is 10.2 Å². The standard InChI is InChI=1S/C21H32BrN5O3SSi/c1-32(2,3)15-12-30-17-27-20(8-9-26-10-13-31(28,29)14-11-26)16-23-21(27)25-24-19-6-4-18(22)5-7-19/h4-7,16H,8-15,17H2,1-3H3. The molecule has 8 nitrogen and oxygen atoms in total. The molecule has 2 heterocycles. The fourth-order valence-electron chi connectivity index (χ4n) is 3.21. The van der Waals surface area contributed by atoms with Gasteiger partial charge in [-0.25, -0.2) is 13.4 Å². The van der Waals surface area contributed by atoms with Gasteiger partial charge in [0.05, 0.1) is 23.4 Å². The molecule has 0 bridgehead atoms. The van der Waals surface area contributed by atoms with E-state index in [1.807, 2.05) is 35.0 Å². The van der Waals surface area contributed by atoms with Crippen LogP contribution in [0.1, 0.15) is 5.69 Å². The van der Waals surface area contributed by atoms with Gasteiger partial charge in [-0.2, -0.15) is 0 Å². The number of rotatable bonds is 10. The normalized spacial score (nSPS) is 17.2. The van der Waals surface area contributed by atoms with E-state index in [1.54, 1.807) is 0 Å². The second kappa shape index (κ2) is 11.1. The molecule has 1 aromatic heterocycles. The molecule has 0 aliphatic carbocycles. The van der Waals surface area contributed by atoms with Crippen molar-refractivity contribution < 1.29 is 13.2 Å². The molecule has 0 amide bonds. The highest BCUT2D eigenvalue weighted by molar-refractivity contribution is 9.10. The number of halogens is 1. The molecule has 1 aliphatic rings. The summed E-state index contributed by atoms with van der Waals surface area (Å²) in [5.74, 6) is 0.981. The summed E-state index contributed by atoms with van der Waals surface area (Å²) in [5.41, 5.74) is 1.76. The lowest BCUT2D eigenvalue weighted by Crippen LogP contribution is -2.41.